The van der Waals surface area contributed by atoms with Gasteiger partial charge >= 0.3 is 0 Å². The van der Waals surface area contributed by atoms with E-state index in [1.807, 2.05) is 18.2 Å². The van der Waals surface area contributed by atoms with Crippen molar-refractivity contribution < 1.29 is 4.74 Å². The first-order valence-electron chi connectivity index (χ1n) is 9.38. The molecule has 0 aliphatic carbocycles. The largest absolute Gasteiger partial charge is 0.489 e. The lowest BCUT2D eigenvalue weighted by Crippen LogP contribution is -2.41. The Balaban J connectivity index is 0.00000392. The van der Waals surface area contributed by atoms with E-state index in [1.54, 1.807) is 7.05 Å². The molecular formula is C22H33IN4O. The zero-order valence-electron chi connectivity index (χ0n) is 17.5. The van der Waals surface area contributed by atoms with Crippen LogP contribution >= 0.6 is 24.0 Å². The third-order valence-corrected chi connectivity index (χ3v) is 4.25. The minimum atomic E-state index is 0. The highest BCUT2D eigenvalue weighted by Gasteiger charge is 2.08. The summed E-state index contributed by atoms with van der Waals surface area (Å²) in [5.74, 6) is 1.70. The van der Waals surface area contributed by atoms with Crippen molar-refractivity contribution in [1.29, 1.82) is 0 Å². The number of nitrogens with zero attached hydrogens (tertiary/aromatic N) is 2. The molecule has 0 radical (unpaired) electrons. The molecule has 1 atom stereocenters. The number of rotatable bonds is 8. The van der Waals surface area contributed by atoms with Gasteiger partial charge in [-0.25, -0.2) is 0 Å². The van der Waals surface area contributed by atoms with Crippen molar-refractivity contribution >= 4 is 29.9 Å². The maximum Gasteiger partial charge on any atom is 0.191 e. The number of halogens is 1. The molecule has 154 valence electrons. The van der Waals surface area contributed by atoms with Crippen molar-refractivity contribution in [3.63, 3.8) is 0 Å². The van der Waals surface area contributed by atoms with E-state index in [0.29, 0.717) is 6.54 Å². The van der Waals surface area contributed by atoms with Gasteiger partial charge in [0.1, 0.15) is 11.9 Å². The minimum absolute atomic E-state index is 0. The van der Waals surface area contributed by atoms with Gasteiger partial charge in [-0.2, -0.15) is 0 Å². The zero-order chi connectivity index (χ0) is 19.6. The molecule has 2 N–H and O–H groups in total. The summed E-state index contributed by atoms with van der Waals surface area (Å²) in [5.41, 5.74) is 3.74. The van der Waals surface area contributed by atoms with Crippen molar-refractivity contribution in [2.75, 3.05) is 27.7 Å². The summed E-state index contributed by atoms with van der Waals surface area (Å²) in [6.45, 7) is 6.44. The van der Waals surface area contributed by atoms with E-state index >= 15 is 0 Å². The molecule has 2 rings (SSSR count). The van der Waals surface area contributed by atoms with E-state index in [-0.39, 0.29) is 30.1 Å². The lowest BCUT2D eigenvalue weighted by molar-refractivity contribution is 0.222. The minimum Gasteiger partial charge on any atom is -0.489 e. The third kappa shape index (κ3) is 8.06. The number of aliphatic imine (C=N–C) groups is 1. The van der Waals surface area contributed by atoms with E-state index in [2.05, 4.69) is 78.8 Å². The average Bonchev–Trinajstić information content (AvgIpc) is 2.64. The normalized spacial score (nSPS) is 12.3. The van der Waals surface area contributed by atoms with Gasteiger partial charge in [-0.05, 0) is 50.7 Å². The molecule has 0 aromatic heterocycles. The summed E-state index contributed by atoms with van der Waals surface area (Å²) in [6.07, 6.45) is 0.0330. The van der Waals surface area contributed by atoms with Gasteiger partial charge in [-0.1, -0.05) is 42.5 Å². The zero-order valence-corrected chi connectivity index (χ0v) is 19.9. The molecule has 0 fully saturated rings. The molecule has 0 saturated heterocycles. The fourth-order valence-electron chi connectivity index (χ4n) is 2.81. The molecule has 0 heterocycles. The number of guanidine groups is 1. The summed E-state index contributed by atoms with van der Waals surface area (Å²) in [7, 11) is 5.95. The van der Waals surface area contributed by atoms with Crippen LogP contribution < -0.4 is 15.4 Å². The topological polar surface area (TPSA) is 48.9 Å². The Hall–Kier alpha value is -1.80. The lowest BCUT2D eigenvalue weighted by Gasteiger charge is -2.19. The number of hydrogen-bond acceptors (Lipinski definition) is 3. The highest BCUT2D eigenvalue weighted by molar-refractivity contribution is 14.0. The quantitative estimate of drug-likeness (QED) is 0.332. The highest BCUT2D eigenvalue weighted by Crippen LogP contribution is 2.17. The second kappa shape index (κ2) is 12.6. The average molecular weight is 496 g/mol. The molecule has 0 saturated carbocycles. The summed E-state index contributed by atoms with van der Waals surface area (Å²) >= 11 is 0. The lowest BCUT2D eigenvalue weighted by atomic mass is 10.1. The van der Waals surface area contributed by atoms with Crippen LogP contribution in [0.3, 0.4) is 0 Å². The van der Waals surface area contributed by atoms with Gasteiger partial charge in [0.15, 0.2) is 5.96 Å². The SMILES string of the molecule is CN=C(NCc1ccccc1CN(C)C)NCC(C)Oc1ccccc1C.I. The van der Waals surface area contributed by atoms with Crippen molar-refractivity contribution in [1.82, 2.24) is 15.5 Å². The van der Waals surface area contributed by atoms with Crippen molar-refractivity contribution in [3.8, 4) is 5.75 Å². The fourth-order valence-corrected chi connectivity index (χ4v) is 2.81. The predicted octanol–water partition coefficient (Wildman–Crippen LogP) is 3.81. The predicted molar refractivity (Wildman–Crippen MR) is 129 cm³/mol. The number of para-hydroxylation sites is 1. The van der Waals surface area contributed by atoms with E-state index in [1.165, 1.54) is 11.1 Å². The first-order valence-corrected chi connectivity index (χ1v) is 9.38. The molecule has 6 heteroatoms. The van der Waals surface area contributed by atoms with Gasteiger partial charge in [0.25, 0.3) is 0 Å². The van der Waals surface area contributed by atoms with Crippen LogP contribution in [0.25, 0.3) is 0 Å². The van der Waals surface area contributed by atoms with Crippen molar-refractivity contribution in [3.05, 3.63) is 65.2 Å². The number of hydrogen-bond donors (Lipinski definition) is 2. The molecule has 5 nitrogen and oxygen atoms in total. The van der Waals surface area contributed by atoms with Crippen LogP contribution in [0.4, 0.5) is 0 Å². The van der Waals surface area contributed by atoms with Crippen LogP contribution in [0.5, 0.6) is 5.75 Å². The Kier molecular flexibility index (Phi) is 10.9. The maximum atomic E-state index is 6.01. The second-order valence-electron chi connectivity index (χ2n) is 7.01. The summed E-state index contributed by atoms with van der Waals surface area (Å²) in [4.78, 5) is 6.50. The van der Waals surface area contributed by atoms with Crippen LogP contribution in [0.2, 0.25) is 0 Å². The van der Waals surface area contributed by atoms with Crippen LogP contribution in [-0.2, 0) is 13.1 Å². The number of benzene rings is 2. The van der Waals surface area contributed by atoms with Crippen LogP contribution in [0, 0.1) is 6.92 Å². The Bertz CT molecular complexity index is 749. The highest BCUT2D eigenvalue weighted by atomic mass is 127. The molecule has 0 bridgehead atoms. The Morgan fingerprint density at radius 3 is 2.32 bits per heavy atom. The molecule has 0 amide bonds. The Labute approximate surface area is 186 Å². The molecule has 0 spiro atoms. The Morgan fingerprint density at radius 2 is 1.68 bits per heavy atom. The van der Waals surface area contributed by atoms with Gasteiger partial charge in [-0.3, -0.25) is 4.99 Å². The first-order chi connectivity index (χ1) is 13.0. The van der Waals surface area contributed by atoms with Gasteiger partial charge in [0.05, 0.1) is 6.54 Å². The molecule has 28 heavy (non-hydrogen) atoms. The van der Waals surface area contributed by atoms with Crippen LogP contribution in [-0.4, -0.2) is 44.7 Å². The first kappa shape index (κ1) is 24.2. The van der Waals surface area contributed by atoms with Crippen LogP contribution in [0.1, 0.15) is 23.6 Å². The van der Waals surface area contributed by atoms with Crippen molar-refractivity contribution in [2.24, 2.45) is 4.99 Å². The molecule has 2 aromatic rings. The summed E-state index contributed by atoms with van der Waals surface area (Å²) in [6, 6.07) is 16.6. The van der Waals surface area contributed by atoms with Crippen LogP contribution in [0.15, 0.2) is 53.5 Å². The fraction of sp³-hybridized carbons (Fsp3) is 0.409. The van der Waals surface area contributed by atoms with Gasteiger partial charge < -0.3 is 20.3 Å². The monoisotopic (exact) mass is 496 g/mol. The Morgan fingerprint density at radius 1 is 1.04 bits per heavy atom. The number of aryl methyl sites for hydroxylation is 1. The molecular weight excluding hydrogens is 463 g/mol. The third-order valence-electron chi connectivity index (χ3n) is 4.25. The second-order valence-corrected chi connectivity index (χ2v) is 7.01. The number of nitrogens with one attached hydrogen (secondary N) is 2. The molecule has 0 aliphatic rings. The number of ether oxygens (including phenoxy) is 1. The van der Waals surface area contributed by atoms with E-state index in [9.17, 15) is 0 Å². The van der Waals surface area contributed by atoms with E-state index in [4.69, 9.17) is 4.74 Å². The summed E-state index contributed by atoms with van der Waals surface area (Å²) < 4.78 is 6.01. The van der Waals surface area contributed by atoms with E-state index in [0.717, 1.165) is 30.4 Å². The summed E-state index contributed by atoms with van der Waals surface area (Å²) in [5, 5.41) is 6.74. The van der Waals surface area contributed by atoms with Gasteiger partial charge in [0, 0.05) is 20.1 Å². The maximum absolute atomic E-state index is 6.01. The molecule has 1 unspecified atom stereocenters. The van der Waals surface area contributed by atoms with Gasteiger partial charge in [-0.15, -0.1) is 24.0 Å². The molecule has 2 aromatic carbocycles. The van der Waals surface area contributed by atoms with Gasteiger partial charge in [0.2, 0.25) is 0 Å². The molecule has 0 aliphatic heterocycles. The smallest absolute Gasteiger partial charge is 0.191 e. The van der Waals surface area contributed by atoms with E-state index < -0.39 is 0 Å². The van der Waals surface area contributed by atoms with Crippen molar-refractivity contribution in [2.45, 2.75) is 33.0 Å². The standard InChI is InChI=1S/C22H32N4O.HI/c1-17-10-6-9-13-21(17)27-18(2)14-24-22(23-3)25-15-19-11-7-8-12-20(19)16-26(4)5;/h6-13,18H,14-16H2,1-5H3,(H2,23,24,25);1H.